The summed E-state index contributed by atoms with van der Waals surface area (Å²) in [7, 11) is 1.24. The van der Waals surface area contributed by atoms with Crippen LogP contribution in [0.5, 0.6) is 5.75 Å². The molecule has 0 heterocycles. The van der Waals surface area contributed by atoms with E-state index in [2.05, 4.69) is 0 Å². The first-order valence-electron chi connectivity index (χ1n) is 4.33. The van der Waals surface area contributed by atoms with Crippen molar-refractivity contribution >= 4 is 5.97 Å². The average Bonchev–Trinajstić information content (AvgIpc) is 2.27. The molecule has 1 aromatic carbocycles. The van der Waals surface area contributed by atoms with E-state index in [1.165, 1.54) is 31.4 Å². The summed E-state index contributed by atoms with van der Waals surface area (Å²) >= 11 is 0. The average molecular weight is 232 g/mol. The summed E-state index contributed by atoms with van der Waals surface area (Å²) in [6.45, 7) is 0. The van der Waals surface area contributed by atoms with Crippen LogP contribution in [0.3, 0.4) is 0 Å². The molecular formula is C10H10F2O4. The standard InChI is InChI=1S/C10H10F2O4/c1-16-7-5-3-2-4-6(7)8(13)10(11,12)9(14)15/h2-5,8,13H,1H3,(H,14,15). The smallest absolute Gasteiger partial charge is 0.377 e. The van der Waals surface area contributed by atoms with Crippen molar-refractivity contribution in [2.24, 2.45) is 0 Å². The molecule has 16 heavy (non-hydrogen) atoms. The lowest BCUT2D eigenvalue weighted by Gasteiger charge is -2.20. The molecule has 0 saturated heterocycles. The summed E-state index contributed by atoms with van der Waals surface area (Å²) in [5, 5.41) is 17.6. The van der Waals surface area contributed by atoms with Crippen molar-refractivity contribution < 1.29 is 28.5 Å². The Labute approximate surface area is 90.1 Å². The fourth-order valence-corrected chi connectivity index (χ4v) is 1.20. The van der Waals surface area contributed by atoms with Gasteiger partial charge in [-0.05, 0) is 6.07 Å². The fourth-order valence-electron chi connectivity index (χ4n) is 1.20. The third kappa shape index (κ3) is 2.11. The van der Waals surface area contributed by atoms with Gasteiger partial charge in [0, 0.05) is 5.56 Å². The van der Waals surface area contributed by atoms with E-state index in [9.17, 15) is 18.7 Å². The number of hydrogen-bond donors (Lipinski definition) is 2. The SMILES string of the molecule is COc1ccccc1C(O)C(F)(F)C(=O)O. The molecule has 88 valence electrons. The third-order valence-corrected chi connectivity index (χ3v) is 2.06. The number of aliphatic carboxylic acids is 1. The molecule has 0 amide bonds. The van der Waals surface area contributed by atoms with Crippen LogP contribution in [0, 0.1) is 0 Å². The first kappa shape index (κ1) is 12.4. The largest absolute Gasteiger partial charge is 0.496 e. The van der Waals surface area contributed by atoms with Gasteiger partial charge >= 0.3 is 11.9 Å². The Bertz CT molecular complexity index is 392. The molecule has 2 N–H and O–H groups in total. The molecule has 1 aromatic rings. The molecule has 0 aliphatic heterocycles. The summed E-state index contributed by atoms with van der Waals surface area (Å²) in [5.41, 5.74) is -0.266. The van der Waals surface area contributed by atoms with Gasteiger partial charge in [0.15, 0.2) is 6.10 Å². The molecule has 1 unspecified atom stereocenters. The monoisotopic (exact) mass is 232 g/mol. The van der Waals surface area contributed by atoms with E-state index in [0.29, 0.717) is 0 Å². The number of carboxylic acid groups (broad SMARTS) is 1. The zero-order valence-electron chi connectivity index (χ0n) is 8.35. The van der Waals surface area contributed by atoms with Crippen LogP contribution in [0.15, 0.2) is 24.3 Å². The predicted octanol–water partition coefficient (Wildman–Crippen LogP) is 1.45. The van der Waals surface area contributed by atoms with Crippen LogP contribution in [-0.4, -0.2) is 29.2 Å². The highest BCUT2D eigenvalue weighted by Gasteiger charge is 2.48. The lowest BCUT2D eigenvalue weighted by atomic mass is 10.0. The van der Waals surface area contributed by atoms with Crippen molar-refractivity contribution in [2.75, 3.05) is 7.11 Å². The lowest BCUT2D eigenvalue weighted by Crippen LogP contribution is -2.35. The minimum Gasteiger partial charge on any atom is -0.496 e. The molecule has 0 aliphatic rings. The van der Waals surface area contributed by atoms with Crippen LogP contribution in [-0.2, 0) is 4.79 Å². The van der Waals surface area contributed by atoms with E-state index in [0.717, 1.165) is 0 Å². The van der Waals surface area contributed by atoms with Crippen molar-refractivity contribution in [3.63, 3.8) is 0 Å². The van der Waals surface area contributed by atoms with E-state index in [1.807, 2.05) is 0 Å². The second kappa shape index (κ2) is 4.44. The Morgan fingerprint density at radius 2 is 2.00 bits per heavy atom. The van der Waals surface area contributed by atoms with Crippen molar-refractivity contribution in [3.05, 3.63) is 29.8 Å². The van der Waals surface area contributed by atoms with E-state index >= 15 is 0 Å². The number of halogens is 2. The van der Waals surface area contributed by atoms with Crippen LogP contribution >= 0.6 is 0 Å². The van der Waals surface area contributed by atoms with Gasteiger partial charge in [0.05, 0.1) is 7.11 Å². The van der Waals surface area contributed by atoms with Crippen molar-refractivity contribution in [1.29, 1.82) is 0 Å². The van der Waals surface area contributed by atoms with Gasteiger partial charge in [-0.25, -0.2) is 4.79 Å². The number of carbonyl (C=O) groups is 1. The maximum absolute atomic E-state index is 13.0. The van der Waals surface area contributed by atoms with Gasteiger partial charge in [-0.3, -0.25) is 0 Å². The number of aliphatic hydroxyl groups is 1. The molecule has 4 nitrogen and oxygen atoms in total. The number of methoxy groups -OCH3 is 1. The molecule has 0 aromatic heterocycles. The zero-order chi connectivity index (χ0) is 12.3. The topological polar surface area (TPSA) is 66.8 Å². The Morgan fingerprint density at radius 3 is 2.50 bits per heavy atom. The highest BCUT2D eigenvalue weighted by molar-refractivity contribution is 5.76. The molecule has 0 fully saturated rings. The predicted molar refractivity (Wildman–Crippen MR) is 50.5 cm³/mol. The molecule has 1 rings (SSSR count). The molecule has 0 radical (unpaired) electrons. The van der Waals surface area contributed by atoms with Crippen LogP contribution in [0.25, 0.3) is 0 Å². The van der Waals surface area contributed by atoms with Gasteiger partial charge in [-0.15, -0.1) is 0 Å². The van der Waals surface area contributed by atoms with E-state index in [4.69, 9.17) is 9.84 Å². The van der Waals surface area contributed by atoms with Crippen LogP contribution in [0.4, 0.5) is 8.78 Å². The number of benzene rings is 1. The summed E-state index contributed by atoms with van der Waals surface area (Å²) in [5.74, 6) is -6.63. The summed E-state index contributed by atoms with van der Waals surface area (Å²) < 4.78 is 30.8. The minimum atomic E-state index is -4.26. The summed E-state index contributed by atoms with van der Waals surface area (Å²) in [4.78, 5) is 10.3. The molecular weight excluding hydrogens is 222 g/mol. The van der Waals surface area contributed by atoms with E-state index in [1.54, 1.807) is 0 Å². The van der Waals surface area contributed by atoms with Crippen molar-refractivity contribution in [2.45, 2.75) is 12.0 Å². The quantitative estimate of drug-likeness (QED) is 0.824. The van der Waals surface area contributed by atoms with Crippen molar-refractivity contribution in [1.82, 2.24) is 0 Å². The molecule has 0 bridgehead atoms. The van der Waals surface area contributed by atoms with Crippen LogP contribution in [0.1, 0.15) is 11.7 Å². The number of rotatable bonds is 4. The first-order chi connectivity index (χ1) is 7.41. The minimum absolute atomic E-state index is 0.0101. The van der Waals surface area contributed by atoms with Gasteiger partial charge < -0.3 is 14.9 Å². The van der Waals surface area contributed by atoms with Crippen LogP contribution < -0.4 is 4.74 Å². The first-order valence-corrected chi connectivity index (χ1v) is 4.33. The number of carboxylic acids is 1. The van der Waals surface area contributed by atoms with E-state index in [-0.39, 0.29) is 11.3 Å². The molecule has 0 aliphatic carbocycles. The van der Waals surface area contributed by atoms with E-state index < -0.39 is 18.0 Å². The lowest BCUT2D eigenvalue weighted by molar-refractivity contribution is -0.183. The van der Waals surface area contributed by atoms with Gasteiger partial charge in [0.25, 0.3) is 0 Å². The maximum Gasteiger partial charge on any atom is 0.377 e. The highest BCUT2D eigenvalue weighted by Crippen LogP contribution is 2.36. The Balaban J connectivity index is 3.14. The van der Waals surface area contributed by atoms with Gasteiger partial charge in [0.2, 0.25) is 0 Å². The number of aliphatic hydroxyl groups excluding tert-OH is 1. The molecule has 1 atom stereocenters. The Hall–Kier alpha value is -1.69. The number of alkyl halides is 2. The molecule has 0 saturated carbocycles. The normalized spacial score (nSPS) is 13.2. The summed E-state index contributed by atoms with van der Waals surface area (Å²) in [6, 6.07) is 5.46. The second-order valence-corrected chi connectivity index (χ2v) is 3.07. The number of hydrogen-bond acceptors (Lipinski definition) is 3. The van der Waals surface area contributed by atoms with Gasteiger partial charge in [0.1, 0.15) is 5.75 Å². The van der Waals surface area contributed by atoms with Crippen LogP contribution in [0.2, 0.25) is 0 Å². The summed E-state index contributed by atoms with van der Waals surface area (Å²) in [6.07, 6.45) is -2.44. The van der Waals surface area contributed by atoms with Gasteiger partial charge in [-0.2, -0.15) is 8.78 Å². The molecule has 0 spiro atoms. The zero-order valence-corrected chi connectivity index (χ0v) is 8.35. The Kier molecular flexibility index (Phi) is 3.44. The fraction of sp³-hybridized carbons (Fsp3) is 0.300. The number of ether oxygens (including phenoxy) is 1. The highest BCUT2D eigenvalue weighted by atomic mass is 19.3. The van der Waals surface area contributed by atoms with Gasteiger partial charge in [-0.1, -0.05) is 18.2 Å². The third-order valence-electron chi connectivity index (χ3n) is 2.06. The maximum atomic E-state index is 13.0. The Morgan fingerprint density at radius 1 is 1.44 bits per heavy atom. The second-order valence-electron chi connectivity index (χ2n) is 3.07. The molecule has 6 heteroatoms. The van der Waals surface area contributed by atoms with Crippen molar-refractivity contribution in [3.8, 4) is 5.75 Å². The number of para-hydroxylation sites is 1.